The lowest BCUT2D eigenvalue weighted by Gasteiger charge is -2.15. The molecule has 102 valence electrons. The Morgan fingerprint density at radius 1 is 0.950 bits per heavy atom. The second-order valence-corrected chi connectivity index (χ2v) is 6.70. The van der Waals surface area contributed by atoms with Gasteiger partial charge in [-0.15, -0.1) is 0 Å². The molecular formula is C17H17O2P. The molecule has 0 aliphatic heterocycles. The van der Waals surface area contributed by atoms with Crippen molar-refractivity contribution in [1.29, 1.82) is 0 Å². The Bertz CT molecular complexity index is 652. The van der Waals surface area contributed by atoms with Crippen LogP contribution in [-0.2, 0) is 9.09 Å². The standard InChI is InChI=1S/C17H17O2P/c1-15(2)19-20(18,17-11-7-4-8-12-17)14-13-16-9-5-3-6-10-16/h3-12,15H,1-2H3. The number of hydrogen-bond acceptors (Lipinski definition) is 2. The van der Waals surface area contributed by atoms with E-state index in [0.717, 1.165) is 5.56 Å². The summed E-state index contributed by atoms with van der Waals surface area (Å²) in [5.41, 5.74) is 3.67. The lowest BCUT2D eigenvalue weighted by atomic mass is 10.2. The molecule has 0 saturated carbocycles. The molecule has 0 amide bonds. The summed E-state index contributed by atoms with van der Waals surface area (Å²) in [7, 11) is -3.15. The van der Waals surface area contributed by atoms with Gasteiger partial charge in [0.1, 0.15) is 0 Å². The summed E-state index contributed by atoms with van der Waals surface area (Å²) in [4.78, 5) is 0. The van der Waals surface area contributed by atoms with Gasteiger partial charge in [0, 0.05) is 10.9 Å². The molecule has 2 aromatic rings. The van der Waals surface area contributed by atoms with Crippen molar-refractivity contribution >= 4 is 12.7 Å². The van der Waals surface area contributed by atoms with Gasteiger partial charge < -0.3 is 4.52 Å². The van der Waals surface area contributed by atoms with Gasteiger partial charge in [0.15, 0.2) is 0 Å². The van der Waals surface area contributed by atoms with E-state index in [1.165, 1.54) is 0 Å². The molecule has 2 aromatic carbocycles. The molecule has 0 radical (unpaired) electrons. The fourth-order valence-corrected chi connectivity index (χ4v) is 3.47. The first kappa shape index (κ1) is 14.6. The van der Waals surface area contributed by atoms with Crippen molar-refractivity contribution in [1.82, 2.24) is 0 Å². The molecular weight excluding hydrogens is 267 g/mol. The van der Waals surface area contributed by atoms with E-state index in [0.29, 0.717) is 5.30 Å². The van der Waals surface area contributed by atoms with Crippen LogP contribution in [0.25, 0.3) is 0 Å². The van der Waals surface area contributed by atoms with Crippen molar-refractivity contribution in [2.75, 3.05) is 0 Å². The average Bonchev–Trinajstić information content (AvgIpc) is 2.47. The van der Waals surface area contributed by atoms with E-state index in [-0.39, 0.29) is 6.10 Å². The van der Waals surface area contributed by atoms with E-state index in [1.54, 1.807) is 12.1 Å². The molecule has 0 saturated heterocycles. The van der Waals surface area contributed by atoms with Crippen molar-refractivity contribution in [2.24, 2.45) is 0 Å². The maximum Gasteiger partial charge on any atom is 0.303 e. The summed E-state index contributed by atoms with van der Waals surface area (Å²) < 4.78 is 18.6. The first-order valence-corrected chi connectivity index (χ1v) is 8.15. The average molecular weight is 284 g/mol. The molecule has 1 atom stereocenters. The second-order valence-electron chi connectivity index (χ2n) is 4.64. The van der Waals surface area contributed by atoms with Crippen molar-refractivity contribution in [2.45, 2.75) is 20.0 Å². The fourth-order valence-electron chi connectivity index (χ4n) is 1.73. The third-order valence-electron chi connectivity index (χ3n) is 2.58. The Morgan fingerprint density at radius 2 is 1.50 bits per heavy atom. The van der Waals surface area contributed by atoms with Gasteiger partial charge in [-0.1, -0.05) is 42.3 Å². The highest BCUT2D eigenvalue weighted by atomic mass is 31.2. The van der Waals surface area contributed by atoms with Gasteiger partial charge >= 0.3 is 7.37 Å². The molecule has 0 spiro atoms. The Kier molecular flexibility index (Phi) is 4.79. The molecule has 0 N–H and O–H groups in total. The summed E-state index contributed by atoms with van der Waals surface area (Å²) in [6.45, 7) is 3.72. The molecule has 0 aromatic heterocycles. The van der Waals surface area contributed by atoms with E-state index >= 15 is 0 Å². The van der Waals surface area contributed by atoms with Gasteiger partial charge in [-0.25, -0.2) is 0 Å². The summed E-state index contributed by atoms with van der Waals surface area (Å²) in [6.07, 6.45) is -0.147. The zero-order valence-corrected chi connectivity index (χ0v) is 12.5. The van der Waals surface area contributed by atoms with Crippen molar-refractivity contribution in [3.63, 3.8) is 0 Å². The number of rotatable bonds is 3. The third kappa shape index (κ3) is 3.84. The summed E-state index contributed by atoms with van der Waals surface area (Å²) in [5, 5.41) is 0.636. The maximum atomic E-state index is 13.0. The fraction of sp³-hybridized carbons (Fsp3) is 0.176. The van der Waals surface area contributed by atoms with Gasteiger partial charge in [0.2, 0.25) is 0 Å². The van der Waals surface area contributed by atoms with Crippen LogP contribution in [0.2, 0.25) is 0 Å². The van der Waals surface area contributed by atoms with Gasteiger partial charge in [-0.05, 0) is 43.8 Å². The van der Waals surface area contributed by atoms with Crippen LogP contribution in [0.1, 0.15) is 19.4 Å². The zero-order valence-electron chi connectivity index (χ0n) is 11.6. The Balaban J connectivity index is 2.39. The molecule has 0 heterocycles. The number of hydrogen-bond donors (Lipinski definition) is 0. The van der Waals surface area contributed by atoms with Gasteiger partial charge in [0.05, 0.1) is 6.10 Å². The first-order chi connectivity index (χ1) is 9.60. The van der Waals surface area contributed by atoms with Crippen LogP contribution in [0.3, 0.4) is 0 Å². The van der Waals surface area contributed by atoms with Crippen LogP contribution < -0.4 is 5.30 Å². The van der Waals surface area contributed by atoms with E-state index in [1.807, 2.05) is 62.4 Å². The van der Waals surface area contributed by atoms with Crippen LogP contribution in [0.15, 0.2) is 60.7 Å². The largest absolute Gasteiger partial charge is 0.314 e. The summed E-state index contributed by atoms with van der Waals surface area (Å²) in [6, 6.07) is 18.7. The lowest BCUT2D eigenvalue weighted by Crippen LogP contribution is -2.10. The normalized spacial score (nSPS) is 13.3. The molecule has 0 aliphatic rings. The monoisotopic (exact) mass is 284 g/mol. The molecule has 20 heavy (non-hydrogen) atoms. The van der Waals surface area contributed by atoms with Crippen LogP contribution in [0.5, 0.6) is 0 Å². The van der Waals surface area contributed by atoms with Crippen LogP contribution in [0.4, 0.5) is 0 Å². The Labute approximate surface area is 120 Å². The Morgan fingerprint density at radius 3 is 2.05 bits per heavy atom. The molecule has 3 heteroatoms. The van der Waals surface area contributed by atoms with Crippen molar-refractivity contribution in [3.8, 4) is 11.6 Å². The summed E-state index contributed by atoms with van der Waals surface area (Å²) >= 11 is 0. The smallest absolute Gasteiger partial charge is 0.303 e. The molecule has 0 fully saturated rings. The zero-order chi connectivity index (χ0) is 14.4. The van der Waals surface area contributed by atoms with Gasteiger partial charge in [-0.3, -0.25) is 4.57 Å². The molecule has 1 unspecified atom stereocenters. The highest BCUT2D eigenvalue weighted by molar-refractivity contribution is 7.71. The highest BCUT2D eigenvalue weighted by Gasteiger charge is 2.24. The quantitative estimate of drug-likeness (QED) is 0.628. The minimum atomic E-state index is -3.15. The lowest BCUT2D eigenvalue weighted by molar-refractivity contribution is 0.254. The topological polar surface area (TPSA) is 26.3 Å². The van der Waals surface area contributed by atoms with E-state index in [4.69, 9.17) is 4.52 Å². The SMILES string of the molecule is CC(C)OP(=O)(C#Cc1ccccc1)c1ccccc1. The Hall–Kier alpha value is -1.81. The highest BCUT2D eigenvalue weighted by Crippen LogP contribution is 2.45. The van der Waals surface area contributed by atoms with Crippen molar-refractivity contribution in [3.05, 3.63) is 66.2 Å². The summed E-state index contributed by atoms with van der Waals surface area (Å²) in [5.74, 6) is 2.95. The predicted octanol–water partition coefficient (Wildman–Crippen LogP) is 4.02. The second kappa shape index (κ2) is 6.57. The minimum absolute atomic E-state index is 0.147. The van der Waals surface area contributed by atoms with Crippen molar-refractivity contribution < 1.29 is 9.09 Å². The molecule has 0 aliphatic carbocycles. The van der Waals surface area contributed by atoms with Crippen LogP contribution in [0, 0.1) is 11.6 Å². The molecule has 2 nitrogen and oxygen atoms in total. The van der Waals surface area contributed by atoms with Crippen LogP contribution >= 0.6 is 7.37 Å². The van der Waals surface area contributed by atoms with E-state index < -0.39 is 7.37 Å². The predicted molar refractivity (Wildman–Crippen MR) is 83.2 cm³/mol. The maximum absolute atomic E-state index is 13.0. The first-order valence-electron chi connectivity index (χ1n) is 6.52. The van der Waals surface area contributed by atoms with E-state index in [9.17, 15) is 4.57 Å². The minimum Gasteiger partial charge on any atom is -0.314 e. The van der Waals surface area contributed by atoms with Crippen LogP contribution in [-0.4, -0.2) is 6.10 Å². The van der Waals surface area contributed by atoms with Gasteiger partial charge in [0.25, 0.3) is 0 Å². The number of benzene rings is 2. The molecule has 0 bridgehead atoms. The third-order valence-corrected chi connectivity index (χ3v) is 4.68. The van der Waals surface area contributed by atoms with Gasteiger partial charge in [-0.2, -0.15) is 0 Å². The van der Waals surface area contributed by atoms with E-state index in [2.05, 4.69) is 11.6 Å². The molecule has 2 rings (SSSR count).